The fourth-order valence-electron chi connectivity index (χ4n) is 1.04. The third kappa shape index (κ3) is 18.3. The largest absolute Gasteiger partial charge is 2.00 e. The van der Waals surface area contributed by atoms with Gasteiger partial charge in [0.1, 0.15) is 0 Å². The Kier molecular flexibility index (Phi) is 27.4. The van der Waals surface area contributed by atoms with Crippen molar-refractivity contribution < 1.29 is 12.4 Å². The maximum atomic E-state index is 3.82. The van der Waals surface area contributed by atoms with E-state index < -0.39 is 0 Å². The number of allylic oxidation sites excluding steroid dienone is 4. The van der Waals surface area contributed by atoms with Crippen molar-refractivity contribution in [1.29, 1.82) is 0 Å². The van der Waals surface area contributed by atoms with Gasteiger partial charge >= 0.3 is 23.1 Å². The van der Waals surface area contributed by atoms with Crippen LogP contribution in [0.2, 0.25) is 0 Å². The summed E-state index contributed by atoms with van der Waals surface area (Å²) in [5, 5.41) is 0. The zero-order valence-corrected chi connectivity index (χ0v) is 11.5. The minimum atomic E-state index is 0. The first-order valence-electron chi connectivity index (χ1n) is 4.97. The summed E-state index contributed by atoms with van der Waals surface area (Å²) in [6.07, 6.45) is 16.1. The van der Waals surface area contributed by atoms with Crippen LogP contribution in [0.15, 0.2) is 24.3 Å². The van der Waals surface area contributed by atoms with Crippen LogP contribution in [0.4, 0.5) is 0 Å². The standard InChI is InChI=1S/C12H21.ClH.Mg/c1-3-5-7-9-11-12-10-8-6-4-2;;/h4,6,10,12H,1,3,5,7-9,11H2,2H3;1H;/q-1;;+2/p-1/b6-4+,12-10-;;. The first kappa shape index (κ1) is 20.0. The normalized spacial score (nSPS) is 10.1. The molecule has 0 spiro atoms. The van der Waals surface area contributed by atoms with Gasteiger partial charge in [-0.05, 0) is 26.2 Å². The molecule has 0 amide bonds. The molecule has 0 fully saturated rings. The molecule has 0 aromatic heterocycles. The zero-order valence-electron chi connectivity index (χ0n) is 9.34. The Morgan fingerprint density at radius 1 is 1.00 bits per heavy atom. The molecule has 0 aromatic carbocycles. The van der Waals surface area contributed by atoms with Crippen molar-refractivity contribution in [2.75, 3.05) is 0 Å². The Morgan fingerprint density at radius 3 is 2.29 bits per heavy atom. The van der Waals surface area contributed by atoms with Gasteiger partial charge in [-0.25, -0.2) is 0 Å². The number of hydrogen-bond donors (Lipinski definition) is 0. The van der Waals surface area contributed by atoms with E-state index in [4.69, 9.17) is 0 Å². The van der Waals surface area contributed by atoms with Crippen LogP contribution < -0.4 is 12.4 Å². The van der Waals surface area contributed by atoms with Gasteiger partial charge in [-0.15, -0.1) is 0 Å². The molecule has 0 aliphatic rings. The van der Waals surface area contributed by atoms with Crippen LogP contribution in [-0.4, -0.2) is 23.1 Å². The van der Waals surface area contributed by atoms with Crippen molar-refractivity contribution in [3.05, 3.63) is 31.2 Å². The average molecular weight is 225 g/mol. The molecule has 0 rings (SSSR count). The molecule has 0 nitrogen and oxygen atoms in total. The van der Waals surface area contributed by atoms with Crippen molar-refractivity contribution in [2.45, 2.75) is 45.4 Å². The second-order valence-corrected chi connectivity index (χ2v) is 2.98. The predicted octanol–water partition coefficient (Wildman–Crippen LogP) is 0.917. The maximum Gasteiger partial charge on any atom is 2.00 e. The second kappa shape index (κ2) is 19.2. The Balaban J connectivity index is -0.000000605. The smallest absolute Gasteiger partial charge is 1.00 e. The van der Waals surface area contributed by atoms with E-state index in [0.717, 1.165) is 12.8 Å². The molecular weight excluding hydrogens is 204 g/mol. The summed E-state index contributed by atoms with van der Waals surface area (Å²) < 4.78 is 0. The molecule has 0 atom stereocenters. The molecule has 0 radical (unpaired) electrons. The van der Waals surface area contributed by atoms with Gasteiger partial charge in [0.25, 0.3) is 0 Å². The summed E-state index contributed by atoms with van der Waals surface area (Å²) in [6.45, 7) is 5.87. The Morgan fingerprint density at radius 2 is 1.71 bits per heavy atom. The topological polar surface area (TPSA) is 0 Å². The molecule has 0 saturated carbocycles. The van der Waals surface area contributed by atoms with Gasteiger partial charge in [-0.3, -0.25) is 0 Å². The van der Waals surface area contributed by atoms with E-state index in [0.29, 0.717) is 0 Å². The Hall–Kier alpha value is 0.536. The number of unbranched alkanes of at least 4 members (excludes halogenated alkanes) is 4. The fourth-order valence-corrected chi connectivity index (χ4v) is 1.04. The van der Waals surface area contributed by atoms with E-state index in [1.165, 1.54) is 25.7 Å². The summed E-state index contributed by atoms with van der Waals surface area (Å²) in [6, 6.07) is 0. The van der Waals surface area contributed by atoms with Gasteiger partial charge in [0.15, 0.2) is 0 Å². The summed E-state index contributed by atoms with van der Waals surface area (Å²) in [4.78, 5) is 0. The van der Waals surface area contributed by atoms with Crippen LogP contribution in [-0.2, 0) is 0 Å². The Labute approximate surface area is 112 Å². The number of halogens is 1. The van der Waals surface area contributed by atoms with Crippen molar-refractivity contribution in [3.63, 3.8) is 0 Å². The first-order chi connectivity index (χ1) is 5.91. The van der Waals surface area contributed by atoms with E-state index in [2.05, 4.69) is 38.2 Å². The van der Waals surface area contributed by atoms with E-state index in [9.17, 15) is 0 Å². The quantitative estimate of drug-likeness (QED) is 0.261. The third-order valence-electron chi connectivity index (χ3n) is 1.80. The molecule has 0 aromatic rings. The molecule has 0 N–H and O–H groups in total. The summed E-state index contributed by atoms with van der Waals surface area (Å²) in [7, 11) is 0. The van der Waals surface area contributed by atoms with E-state index in [-0.39, 0.29) is 35.5 Å². The SMILES string of the molecule is [CH2-]CCCCC/C=C\C/C=C/C.[Cl-].[Mg+2]. The van der Waals surface area contributed by atoms with Gasteiger partial charge in [-0.1, -0.05) is 37.1 Å². The summed E-state index contributed by atoms with van der Waals surface area (Å²) >= 11 is 0. The van der Waals surface area contributed by atoms with Crippen LogP contribution in [0.25, 0.3) is 0 Å². The van der Waals surface area contributed by atoms with Crippen LogP contribution in [0, 0.1) is 6.92 Å². The van der Waals surface area contributed by atoms with Gasteiger partial charge in [0.05, 0.1) is 0 Å². The number of rotatable bonds is 7. The average Bonchev–Trinajstić information content (AvgIpc) is 2.10. The molecule has 14 heavy (non-hydrogen) atoms. The van der Waals surface area contributed by atoms with Crippen LogP contribution in [0.3, 0.4) is 0 Å². The van der Waals surface area contributed by atoms with Crippen LogP contribution in [0.1, 0.15) is 45.4 Å². The maximum absolute atomic E-state index is 3.82. The van der Waals surface area contributed by atoms with Gasteiger partial charge in [0.2, 0.25) is 0 Å². The molecule has 0 unspecified atom stereocenters. The molecular formula is C12H21ClMg. The molecule has 0 saturated heterocycles. The molecule has 0 aliphatic carbocycles. The van der Waals surface area contributed by atoms with Crippen molar-refractivity contribution in [2.24, 2.45) is 0 Å². The third-order valence-corrected chi connectivity index (χ3v) is 1.80. The van der Waals surface area contributed by atoms with Gasteiger partial charge < -0.3 is 19.3 Å². The van der Waals surface area contributed by atoms with Crippen molar-refractivity contribution in [3.8, 4) is 0 Å². The summed E-state index contributed by atoms with van der Waals surface area (Å²) in [5.74, 6) is 0. The fraction of sp³-hybridized carbons (Fsp3) is 0.583. The van der Waals surface area contributed by atoms with Crippen LogP contribution in [0.5, 0.6) is 0 Å². The van der Waals surface area contributed by atoms with Crippen molar-refractivity contribution >= 4 is 23.1 Å². The van der Waals surface area contributed by atoms with Crippen LogP contribution >= 0.6 is 0 Å². The summed E-state index contributed by atoms with van der Waals surface area (Å²) in [5.41, 5.74) is 0. The van der Waals surface area contributed by atoms with E-state index in [1.807, 2.05) is 0 Å². The van der Waals surface area contributed by atoms with Crippen molar-refractivity contribution in [1.82, 2.24) is 0 Å². The zero-order chi connectivity index (χ0) is 9.07. The molecule has 78 valence electrons. The Bertz CT molecular complexity index is 130. The monoisotopic (exact) mass is 224 g/mol. The van der Waals surface area contributed by atoms with E-state index in [1.54, 1.807) is 0 Å². The molecule has 0 bridgehead atoms. The second-order valence-electron chi connectivity index (χ2n) is 2.98. The van der Waals surface area contributed by atoms with E-state index >= 15 is 0 Å². The number of hydrogen-bond acceptors (Lipinski definition) is 0. The predicted molar refractivity (Wildman–Crippen MR) is 62.8 cm³/mol. The minimum absolute atomic E-state index is 0. The molecule has 0 aliphatic heterocycles. The van der Waals surface area contributed by atoms with Gasteiger partial charge in [-0.2, -0.15) is 6.42 Å². The minimum Gasteiger partial charge on any atom is -1.00 e. The van der Waals surface area contributed by atoms with Gasteiger partial charge in [0, 0.05) is 0 Å². The molecule has 0 heterocycles. The first-order valence-corrected chi connectivity index (χ1v) is 4.97. The molecule has 2 heteroatoms.